The number of rotatable bonds is 7. The average Bonchev–Trinajstić information content (AvgIpc) is 2.33. The zero-order valence-corrected chi connectivity index (χ0v) is 13.5. The molecule has 2 atom stereocenters. The highest BCUT2D eigenvalue weighted by molar-refractivity contribution is 7.99. The van der Waals surface area contributed by atoms with Gasteiger partial charge >= 0.3 is 0 Å². The van der Waals surface area contributed by atoms with Crippen LogP contribution in [0.2, 0.25) is 0 Å². The van der Waals surface area contributed by atoms with Crippen LogP contribution in [0.25, 0.3) is 0 Å². The summed E-state index contributed by atoms with van der Waals surface area (Å²) < 4.78 is 23.7. The molecule has 1 fully saturated rings. The van der Waals surface area contributed by atoms with Gasteiger partial charge in [0.15, 0.2) is 9.84 Å². The van der Waals surface area contributed by atoms with Crippen molar-refractivity contribution in [2.24, 2.45) is 0 Å². The van der Waals surface area contributed by atoms with Gasteiger partial charge in [-0.3, -0.25) is 0 Å². The molecule has 0 unspecified atom stereocenters. The van der Waals surface area contributed by atoms with Gasteiger partial charge in [0.25, 0.3) is 0 Å². The van der Waals surface area contributed by atoms with Gasteiger partial charge in [-0.05, 0) is 44.4 Å². The van der Waals surface area contributed by atoms with Gasteiger partial charge in [-0.1, -0.05) is 19.8 Å². The van der Waals surface area contributed by atoms with Gasteiger partial charge < -0.3 is 4.90 Å². The third-order valence-electron chi connectivity index (χ3n) is 3.79. The molecule has 0 aromatic heterocycles. The molecule has 0 radical (unpaired) electrons. The van der Waals surface area contributed by atoms with Crippen LogP contribution in [0.5, 0.6) is 0 Å². The first kappa shape index (κ1) is 16.3. The molecule has 0 bridgehead atoms. The van der Waals surface area contributed by atoms with E-state index in [2.05, 4.69) is 18.9 Å². The van der Waals surface area contributed by atoms with Crippen molar-refractivity contribution in [2.45, 2.75) is 50.3 Å². The first-order valence-corrected chi connectivity index (χ1v) is 10.0. The lowest BCUT2D eigenvalue weighted by Crippen LogP contribution is -2.47. The maximum atomic E-state index is 11.8. The lowest BCUT2D eigenvalue weighted by atomic mass is 9.94. The van der Waals surface area contributed by atoms with Gasteiger partial charge in [0.05, 0.1) is 5.25 Å². The van der Waals surface area contributed by atoms with Crippen molar-refractivity contribution in [3.05, 3.63) is 0 Å². The van der Waals surface area contributed by atoms with Crippen LogP contribution in [0.3, 0.4) is 0 Å². The normalized spacial score (nSPS) is 25.6. The molecule has 0 aromatic carbocycles. The van der Waals surface area contributed by atoms with E-state index in [1.165, 1.54) is 24.2 Å². The van der Waals surface area contributed by atoms with Gasteiger partial charge in [-0.25, -0.2) is 8.42 Å². The predicted molar refractivity (Wildman–Crippen MR) is 81.1 cm³/mol. The molecular weight excluding hydrogens is 266 g/mol. The minimum Gasteiger partial charge on any atom is -0.302 e. The molecule has 108 valence electrons. The second-order valence-electron chi connectivity index (χ2n) is 5.25. The Hall–Kier alpha value is 0.260. The molecule has 0 saturated heterocycles. The minimum absolute atomic E-state index is 0.143. The molecular formula is C13H27NO2S2. The summed E-state index contributed by atoms with van der Waals surface area (Å²) in [6.45, 7) is 3.19. The second-order valence-corrected chi connectivity index (χ2v) is 8.91. The van der Waals surface area contributed by atoms with E-state index >= 15 is 0 Å². The maximum Gasteiger partial charge on any atom is 0.151 e. The van der Waals surface area contributed by atoms with Crippen LogP contribution in [0.15, 0.2) is 0 Å². The lowest BCUT2D eigenvalue weighted by molar-refractivity contribution is 0.195. The molecule has 0 spiro atoms. The van der Waals surface area contributed by atoms with E-state index in [0.29, 0.717) is 0 Å². The van der Waals surface area contributed by atoms with Gasteiger partial charge in [0.1, 0.15) is 0 Å². The molecule has 0 aromatic rings. The number of hydrogen-bond acceptors (Lipinski definition) is 4. The van der Waals surface area contributed by atoms with E-state index in [1.807, 2.05) is 11.8 Å². The zero-order valence-electron chi connectivity index (χ0n) is 11.9. The highest BCUT2D eigenvalue weighted by Gasteiger charge is 2.34. The molecule has 0 amide bonds. The van der Waals surface area contributed by atoms with Gasteiger partial charge in [0.2, 0.25) is 0 Å². The van der Waals surface area contributed by atoms with Gasteiger partial charge in [-0.15, -0.1) is 0 Å². The number of hydrogen-bond donors (Lipinski definition) is 0. The standard InChI is InChI=1S/C13H27NO2S2/c1-4-17-11-7-10-14(2)12-8-5-6-9-13(12)18(3,15)16/h12-13H,4-11H2,1-3H3/t12-,13-/m0/s1. The van der Waals surface area contributed by atoms with Crippen LogP contribution in [0, 0.1) is 0 Å². The lowest BCUT2D eigenvalue weighted by Gasteiger charge is -2.37. The van der Waals surface area contributed by atoms with Crippen LogP contribution >= 0.6 is 11.8 Å². The molecule has 18 heavy (non-hydrogen) atoms. The summed E-state index contributed by atoms with van der Waals surface area (Å²) in [4.78, 5) is 2.28. The Morgan fingerprint density at radius 3 is 2.56 bits per heavy atom. The summed E-state index contributed by atoms with van der Waals surface area (Å²) in [5.41, 5.74) is 0. The van der Waals surface area contributed by atoms with Crippen molar-refractivity contribution in [3.8, 4) is 0 Å². The summed E-state index contributed by atoms with van der Waals surface area (Å²) in [5, 5.41) is -0.143. The third-order valence-corrected chi connectivity index (χ3v) is 6.42. The first-order chi connectivity index (χ1) is 8.46. The molecule has 1 aliphatic carbocycles. The van der Waals surface area contributed by atoms with Crippen molar-refractivity contribution in [2.75, 3.05) is 31.4 Å². The van der Waals surface area contributed by atoms with Crippen LogP contribution < -0.4 is 0 Å². The van der Waals surface area contributed by atoms with Crippen molar-refractivity contribution < 1.29 is 8.42 Å². The van der Waals surface area contributed by atoms with Crippen LogP contribution in [0.4, 0.5) is 0 Å². The van der Waals surface area contributed by atoms with Gasteiger partial charge in [0, 0.05) is 12.3 Å². The second kappa shape index (κ2) is 7.75. The highest BCUT2D eigenvalue weighted by atomic mass is 32.2. The van der Waals surface area contributed by atoms with E-state index < -0.39 is 9.84 Å². The Morgan fingerprint density at radius 1 is 1.28 bits per heavy atom. The Bertz CT molecular complexity index is 330. The average molecular weight is 293 g/mol. The maximum absolute atomic E-state index is 11.8. The van der Waals surface area contributed by atoms with E-state index in [-0.39, 0.29) is 11.3 Å². The smallest absolute Gasteiger partial charge is 0.151 e. The Kier molecular flexibility index (Phi) is 7.03. The summed E-state index contributed by atoms with van der Waals surface area (Å²) in [5.74, 6) is 2.34. The quantitative estimate of drug-likeness (QED) is 0.676. The fourth-order valence-corrected chi connectivity index (χ4v) is 4.94. The van der Waals surface area contributed by atoms with E-state index in [9.17, 15) is 8.42 Å². The predicted octanol–water partition coefficient (Wildman–Crippen LogP) is 2.42. The highest BCUT2D eigenvalue weighted by Crippen LogP contribution is 2.27. The fraction of sp³-hybridized carbons (Fsp3) is 1.00. The topological polar surface area (TPSA) is 37.4 Å². The van der Waals surface area contributed by atoms with E-state index in [0.717, 1.165) is 32.2 Å². The van der Waals surface area contributed by atoms with Crippen molar-refractivity contribution in [1.29, 1.82) is 0 Å². The molecule has 5 heteroatoms. The molecule has 3 nitrogen and oxygen atoms in total. The molecule has 1 rings (SSSR count). The largest absolute Gasteiger partial charge is 0.302 e. The summed E-state index contributed by atoms with van der Waals surface area (Å²) in [6.07, 6.45) is 6.67. The van der Waals surface area contributed by atoms with Crippen molar-refractivity contribution in [1.82, 2.24) is 4.90 Å². The number of thioether (sulfide) groups is 1. The minimum atomic E-state index is -2.90. The molecule has 1 saturated carbocycles. The number of sulfone groups is 1. The SMILES string of the molecule is CCSCCCN(C)[C@H]1CCCC[C@@H]1S(C)(=O)=O. The summed E-state index contributed by atoms with van der Waals surface area (Å²) in [7, 11) is -0.814. The number of nitrogens with zero attached hydrogens (tertiary/aromatic N) is 1. The Balaban J connectivity index is 2.50. The van der Waals surface area contributed by atoms with Crippen LogP contribution in [-0.2, 0) is 9.84 Å². The van der Waals surface area contributed by atoms with Crippen LogP contribution in [-0.4, -0.2) is 56.0 Å². The van der Waals surface area contributed by atoms with Crippen molar-refractivity contribution >= 4 is 21.6 Å². The Labute approximate surface area is 117 Å². The monoisotopic (exact) mass is 293 g/mol. The summed E-state index contributed by atoms with van der Waals surface area (Å²) >= 11 is 1.96. The van der Waals surface area contributed by atoms with E-state index in [4.69, 9.17) is 0 Å². The van der Waals surface area contributed by atoms with Crippen molar-refractivity contribution in [3.63, 3.8) is 0 Å². The molecule has 0 heterocycles. The summed E-state index contributed by atoms with van der Waals surface area (Å²) in [6, 6.07) is 0.236. The molecule has 1 aliphatic rings. The molecule has 0 aliphatic heterocycles. The Morgan fingerprint density at radius 2 is 1.94 bits per heavy atom. The molecule has 0 N–H and O–H groups in total. The third kappa shape index (κ3) is 5.10. The zero-order chi connectivity index (χ0) is 13.6. The van der Waals surface area contributed by atoms with Crippen LogP contribution in [0.1, 0.15) is 39.0 Å². The van der Waals surface area contributed by atoms with E-state index in [1.54, 1.807) is 0 Å². The first-order valence-electron chi connectivity index (χ1n) is 6.93. The van der Waals surface area contributed by atoms with Gasteiger partial charge in [-0.2, -0.15) is 11.8 Å². The fourth-order valence-electron chi connectivity index (χ4n) is 2.81.